The molecule has 5 aromatic rings. The lowest BCUT2D eigenvalue weighted by molar-refractivity contribution is -0.137. The van der Waals surface area contributed by atoms with Crippen molar-refractivity contribution in [2.45, 2.75) is 18.6 Å². The average molecular weight is 544 g/mol. The molecule has 1 atom stereocenters. The standard InChI is InChI=1S/C32H28F3N3O2/c1-40-25-15-16-26(28-19-23-9-5-6-10-27(23)37-28)29(20-25)38(31(39)30(36)22-7-3-2-4-8-22)18-17-21-11-13-24(14-12-21)32(33,34)35/h2-16,19-20,30,37H,17-18,36H2,1H3. The molecule has 0 aliphatic rings. The number of alkyl halides is 3. The summed E-state index contributed by atoms with van der Waals surface area (Å²) < 4.78 is 44.8. The second kappa shape index (κ2) is 11.3. The Morgan fingerprint density at radius 1 is 0.925 bits per heavy atom. The Morgan fingerprint density at radius 2 is 1.62 bits per heavy atom. The fourth-order valence-corrected chi connectivity index (χ4v) is 4.73. The van der Waals surface area contributed by atoms with Crippen LogP contribution in [0.5, 0.6) is 5.75 Å². The molecule has 0 spiro atoms. The summed E-state index contributed by atoms with van der Waals surface area (Å²) in [6, 6.07) is 28.5. The second-order valence-electron chi connectivity index (χ2n) is 9.48. The van der Waals surface area contributed by atoms with Crippen molar-refractivity contribution < 1.29 is 22.7 Å². The van der Waals surface area contributed by atoms with Crippen molar-refractivity contribution in [3.8, 4) is 17.0 Å². The lowest BCUT2D eigenvalue weighted by Crippen LogP contribution is -2.40. The van der Waals surface area contributed by atoms with Crippen LogP contribution in [0.1, 0.15) is 22.7 Å². The van der Waals surface area contributed by atoms with E-state index in [0.29, 0.717) is 29.0 Å². The number of amides is 1. The SMILES string of the molecule is COc1ccc(-c2cc3ccccc3[nH]2)c(N(CCc2ccc(C(F)(F)F)cc2)C(=O)C(N)c2ccccc2)c1. The van der Waals surface area contributed by atoms with Gasteiger partial charge in [-0.1, -0.05) is 60.7 Å². The Bertz CT molecular complexity index is 1580. The van der Waals surface area contributed by atoms with Gasteiger partial charge in [-0.25, -0.2) is 0 Å². The predicted octanol–water partition coefficient (Wildman–Crippen LogP) is 7.14. The summed E-state index contributed by atoms with van der Waals surface area (Å²) in [7, 11) is 1.55. The summed E-state index contributed by atoms with van der Waals surface area (Å²) in [6.07, 6.45) is -4.10. The van der Waals surface area contributed by atoms with Crippen LogP contribution in [-0.2, 0) is 17.4 Å². The zero-order chi connectivity index (χ0) is 28.3. The Morgan fingerprint density at radius 3 is 2.30 bits per heavy atom. The fourth-order valence-electron chi connectivity index (χ4n) is 4.73. The number of ether oxygens (including phenoxy) is 1. The number of nitrogens with one attached hydrogen (secondary N) is 1. The van der Waals surface area contributed by atoms with E-state index in [0.717, 1.165) is 34.3 Å². The third kappa shape index (κ3) is 5.72. The van der Waals surface area contributed by atoms with Crippen molar-refractivity contribution in [3.05, 3.63) is 120 Å². The lowest BCUT2D eigenvalue weighted by atomic mass is 10.0. The maximum Gasteiger partial charge on any atom is 0.416 e. The molecule has 40 heavy (non-hydrogen) atoms. The number of nitrogens with zero attached hydrogens (tertiary/aromatic N) is 1. The van der Waals surface area contributed by atoms with Crippen molar-refractivity contribution in [2.24, 2.45) is 5.73 Å². The van der Waals surface area contributed by atoms with Gasteiger partial charge in [0.15, 0.2) is 0 Å². The van der Waals surface area contributed by atoms with Crippen LogP contribution in [-0.4, -0.2) is 24.5 Å². The number of fused-ring (bicyclic) bond motifs is 1. The first-order valence-corrected chi connectivity index (χ1v) is 12.8. The molecular weight excluding hydrogens is 515 g/mol. The first kappa shape index (κ1) is 27.0. The highest BCUT2D eigenvalue weighted by Crippen LogP contribution is 2.37. The van der Waals surface area contributed by atoms with Gasteiger partial charge in [0.25, 0.3) is 0 Å². The molecule has 5 nitrogen and oxygen atoms in total. The van der Waals surface area contributed by atoms with Crippen LogP contribution in [0, 0.1) is 0 Å². The van der Waals surface area contributed by atoms with E-state index in [9.17, 15) is 18.0 Å². The van der Waals surface area contributed by atoms with E-state index < -0.39 is 17.8 Å². The third-order valence-electron chi connectivity index (χ3n) is 6.91. The van der Waals surface area contributed by atoms with Gasteiger partial charge in [0.2, 0.25) is 5.91 Å². The number of rotatable bonds is 8. The summed E-state index contributed by atoms with van der Waals surface area (Å²) in [5.74, 6) is 0.208. The smallest absolute Gasteiger partial charge is 0.416 e. The van der Waals surface area contributed by atoms with Crippen LogP contribution >= 0.6 is 0 Å². The van der Waals surface area contributed by atoms with Crippen LogP contribution in [0.2, 0.25) is 0 Å². The highest BCUT2D eigenvalue weighted by Gasteiger charge is 2.30. The van der Waals surface area contributed by atoms with Crippen molar-refractivity contribution in [3.63, 3.8) is 0 Å². The quantitative estimate of drug-likeness (QED) is 0.219. The van der Waals surface area contributed by atoms with E-state index in [-0.39, 0.29) is 12.5 Å². The van der Waals surface area contributed by atoms with Crippen molar-refractivity contribution in [2.75, 3.05) is 18.6 Å². The molecule has 204 valence electrons. The molecule has 1 amide bonds. The van der Waals surface area contributed by atoms with Gasteiger partial charge >= 0.3 is 6.18 Å². The number of hydrogen-bond donors (Lipinski definition) is 2. The molecule has 0 aliphatic carbocycles. The fraction of sp³-hybridized carbons (Fsp3) is 0.156. The number of hydrogen-bond acceptors (Lipinski definition) is 3. The number of methoxy groups -OCH3 is 1. The van der Waals surface area contributed by atoms with E-state index in [4.69, 9.17) is 10.5 Å². The first-order valence-electron chi connectivity index (χ1n) is 12.8. The number of aromatic amines is 1. The van der Waals surface area contributed by atoms with Crippen LogP contribution in [0.3, 0.4) is 0 Å². The summed E-state index contributed by atoms with van der Waals surface area (Å²) in [5.41, 5.74) is 10.2. The summed E-state index contributed by atoms with van der Waals surface area (Å²) >= 11 is 0. The minimum Gasteiger partial charge on any atom is -0.497 e. The molecule has 1 unspecified atom stereocenters. The van der Waals surface area contributed by atoms with Crippen LogP contribution in [0.4, 0.5) is 18.9 Å². The van der Waals surface area contributed by atoms with E-state index in [1.165, 1.54) is 12.1 Å². The highest BCUT2D eigenvalue weighted by atomic mass is 19.4. The molecule has 5 rings (SSSR count). The number of aromatic nitrogens is 1. The number of nitrogens with two attached hydrogens (primary N) is 1. The molecule has 8 heteroatoms. The minimum atomic E-state index is -4.42. The molecule has 3 N–H and O–H groups in total. The number of halogens is 3. The lowest BCUT2D eigenvalue weighted by Gasteiger charge is -2.28. The molecule has 0 saturated heterocycles. The van der Waals surface area contributed by atoms with Crippen LogP contribution in [0.25, 0.3) is 22.2 Å². The predicted molar refractivity (Wildman–Crippen MR) is 151 cm³/mol. The summed E-state index contributed by atoms with van der Waals surface area (Å²) in [5, 5.41) is 1.02. The van der Waals surface area contributed by atoms with Gasteiger partial charge in [0.1, 0.15) is 11.8 Å². The van der Waals surface area contributed by atoms with Gasteiger partial charge in [0.05, 0.1) is 18.4 Å². The maximum atomic E-state index is 14.0. The Balaban J connectivity index is 1.56. The molecule has 1 aromatic heterocycles. The summed E-state index contributed by atoms with van der Waals surface area (Å²) in [6.45, 7) is 0.186. The number of carbonyl (C=O) groups is 1. The molecule has 0 aliphatic heterocycles. The number of anilines is 1. The van der Waals surface area contributed by atoms with E-state index in [1.54, 1.807) is 30.2 Å². The average Bonchev–Trinajstić information content (AvgIpc) is 3.41. The van der Waals surface area contributed by atoms with Gasteiger partial charge < -0.3 is 20.4 Å². The van der Waals surface area contributed by atoms with E-state index in [1.807, 2.05) is 60.7 Å². The van der Waals surface area contributed by atoms with Crippen molar-refractivity contribution >= 4 is 22.5 Å². The number of H-pyrrole nitrogens is 1. The van der Waals surface area contributed by atoms with Gasteiger partial charge in [0, 0.05) is 34.8 Å². The highest BCUT2D eigenvalue weighted by molar-refractivity contribution is 6.02. The van der Waals surface area contributed by atoms with Gasteiger partial charge in [-0.2, -0.15) is 13.2 Å². The largest absolute Gasteiger partial charge is 0.497 e. The molecule has 0 saturated carbocycles. The van der Waals surface area contributed by atoms with Crippen molar-refractivity contribution in [1.29, 1.82) is 0 Å². The van der Waals surface area contributed by atoms with E-state index >= 15 is 0 Å². The second-order valence-corrected chi connectivity index (χ2v) is 9.48. The number of para-hydroxylation sites is 1. The Labute approximate surface area is 230 Å². The number of benzene rings is 4. The van der Waals surface area contributed by atoms with Crippen molar-refractivity contribution in [1.82, 2.24) is 4.98 Å². The molecular formula is C32H28F3N3O2. The van der Waals surface area contributed by atoms with E-state index in [2.05, 4.69) is 4.98 Å². The zero-order valence-electron chi connectivity index (χ0n) is 21.8. The molecule has 0 bridgehead atoms. The number of carbonyl (C=O) groups excluding carboxylic acids is 1. The maximum absolute atomic E-state index is 14.0. The molecule has 0 radical (unpaired) electrons. The van der Waals surface area contributed by atoms with Gasteiger partial charge in [-0.15, -0.1) is 0 Å². The molecule has 4 aromatic carbocycles. The van der Waals surface area contributed by atoms with Gasteiger partial charge in [-0.05, 0) is 53.9 Å². The summed E-state index contributed by atoms with van der Waals surface area (Å²) in [4.78, 5) is 19.0. The Kier molecular flexibility index (Phi) is 7.62. The minimum absolute atomic E-state index is 0.186. The third-order valence-corrected chi connectivity index (χ3v) is 6.91. The molecule has 1 heterocycles. The van der Waals surface area contributed by atoms with Crippen LogP contribution < -0.4 is 15.4 Å². The topological polar surface area (TPSA) is 71.3 Å². The van der Waals surface area contributed by atoms with Crippen LogP contribution in [0.15, 0.2) is 103 Å². The molecule has 0 fully saturated rings. The monoisotopic (exact) mass is 543 g/mol. The Hall–Kier alpha value is -4.56. The normalized spacial score (nSPS) is 12.3. The van der Waals surface area contributed by atoms with Gasteiger partial charge in [-0.3, -0.25) is 4.79 Å². The first-order chi connectivity index (χ1) is 19.2. The zero-order valence-corrected chi connectivity index (χ0v) is 21.8.